The SMILES string of the molecule is CC(C)COc1cccc(C(=O)Nc2cccc(OCCn3cccn3)c2)c1. The fraction of sp³-hybridized carbons (Fsp3) is 0.273. The van der Waals surface area contributed by atoms with Gasteiger partial charge in [-0.1, -0.05) is 26.0 Å². The Balaban J connectivity index is 1.57. The Morgan fingerprint density at radius 3 is 2.61 bits per heavy atom. The predicted octanol–water partition coefficient (Wildman–Crippen LogP) is 4.25. The zero-order valence-electron chi connectivity index (χ0n) is 16.2. The summed E-state index contributed by atoms with van der Waals surface area (Å²) in [4.78, 5) is 12.6. The quantitative estimate of drug-likeness (QED) is 0.604. The average molecular weight is 379 g/mol. The van der Waals surface area contributed by atoms with Gasteiger partial charge in [-0.3, -0.25) is 9.48 Å². The van der Waals surface area contributed by atoms with Gasteiger partial charge in [0.1, 0.15) is 18.1 Å². The molecule has 2 aromatic carbocycles. The number of hydrogen-bond acceptors (Lipinski definition) is 4. The minimum Gasteiger partial charge on any atom is -0.493 e. The Labute approximate surface area is 165 Å². The average Bonchev–Trinajstić information content (AvgIpc) is 3.20. The van der Waals surface area contributed by atoms with Crippen LogP contribution in [-0.2, 0) is 6.54 Å². The Morgan fingerprint density at radius 1 is 1.07 bits per heavy atom. The first-order chi connectivity index (χ1) is 13.6. The number of amides is 1. The summed E-state index contributed by atoms with van der Waals surface area (Å²) in [6, 6.07) is 16.4. The number of hydrogen-bond donors (Lipinski definition) is 1. The van der Waals surface area contributed by atoms with Crippen molar-refractivity contribution in [2.45, 2.75) is 20.4 Å². The van der Waals surface area contributed by atoms with Crippen molar-refractivity contribution in [3.05, 3.63) is 72.6 Å². The lowest BCUT2D eigenvalue weighted by molar-refractivity contribution is 0.102. The maximum absolute atomic E-state index is 12.6. The summed E-state index contributed by atoms with van der Waals surface area (Å²) in [6.45, 7) is 5.94. The molecular formula is C22H25N3O3. The van der Waals surface area contributed by atoms with E-state index in [1.165, 1.54) is 0 Å². The molecule has 0 aliphatic heterocycles. The van der Waals surface area contributed by atoms with Crippen LogP contribution in [0.3, 0.4) is 0 Å². The molecule has 3 aromatic rings. The number of aromatic nitrogens is 2. The normalized spacial score (nSPS) is 10.7. The molecule has 0 spiro atoms. The number of rotatable bonds is 9. The van der Waals surface area contributed by atoms with Gasteiger partial charge in [0.15, 0.2) is 0 Å². The summed E-state index contributed by atoms with van der Waals surface area (Å²) in [6.07, 6.45) is 3.62. The smallest absolute Gasteiger partial charge is 0.255 e. The second kappa shape index (κ2) is 9.60. The summed E-state index contributed by atoms with van der Waals surface area (Å²) in [5.41, 5.74) is 1.22. The molecule has 1 N–H and O–H groups in total. The van der Waals surface area contributed by atoms with Gasteiger partial charge in [-0.05, 0) is 42.3 Å². The topological polar surface area (TPSA) is 65.4 Å². The molecule has 6 nitrogen and oxygen atoms in total. The highest BCUT2D eigenvalue weighted by atomic mass is 16.5. The fourth-order valence-electron chi connectivity index (χ4n) is 2.55. The van der Waals surface area contributed by atoms with Crippen LogP contribution in [-0.4, -0.2) is 28.9 Å². The molecule has 0 aliphatic rings. The molecule has 0 saturated carbocycles. The molecule has 3 rings (SSSR count). The molecular weight excluding hydrogens is 354 g/mol. The van der Waals surface area contributed by atoms with Crippen molar-refractivity contribution in [1.29, 1.82) is 0 Å². The third-order valence-electron chi connectivity index (χ3n) is 3.92. The van der Waals surface area contributed by atoms with Crippen LogP contribution < -0.4 is 14.8 Å². The van der Waals surface area contributed by atoms with E-state index in [9.17, 15) is 4.79 Å². The van der Waals surface area contributed by atoms with E-state index in [1.54, 1.807) is 29.1 Å². The monoisotopic (exact) mass is 379 g/mol. The van der Waals surface area contributed by atoms with Crippen molar-refractivity contribution in [3.63, 3.8) is 0 Å². The molecule has 0 fully saturated rings. The summed E-state index contributed by atoms with van der Waals surface area (Å²) < 4.78 is 13.2. The molecule has 0 unspecified atom stereocenters. The van der Waals surface area contributed by atoms with Crippen molar-refractivity contribution in [1.82, 2.24) is 9.78 Å². The highest BCUT2D eigenvalue weighted by molar-refractivity contribution is 6.04. The number of ether oxygens (including phenoxy) is 2. The van der Waals surface area contributed by atoms with E-state index in [0.717, 1.165) is 0 Å². The van der Waals surface area contributed by atoms with Gasteiger partial charge in [0.2, 0.25) is 0 Å². The zero-order chi connectivity index (χ0) is 19.8. The third-order valence-corrected chi connectivity index (χ3v) is 3.92. The van der Waals surface area contributed by atoms with Crippen molar-refractivity contribution in [3.8, 4) is 11.5 Å². The van der Waals surface area contributed by atoms with E-state index >= 15 is 0 Å². The van der Waals surface area contributed by atoms with Crippen LogP contribution in [0.4, 0.5) is 5.69 Å². The zero-order valence-corrected chi connectivity index (χ0v) is 16.2. The molecule has 0 saturated heterocycles. The number of anilines is 1. The van der Waals surface area contributed by atoms with E-state index in [1.807, 2.05) is 42.6 Å². The highest BCUT2D eigenvalue weighted by Crippen LogP contribution is 2.20. The van der Waals surface area contributed by atoms with Crippen molar-refractivity contribution in [2.75, 3.05) is 18.5 Å². The molecule has 1 amide bonds. The van der Waals surface area contributed by atoms with Crippen LogP contribution in [0.15, 0.2) is 67.0 Å². The summed E-state index contributed by atoms with van der Waals surface area (Å²) in [7, 11) is 0. The first-order valence-corrected chi connectivity index (χ1v) is 9.34. The van der Waals surface area contributed by atoms with Gasteiger partial charge in [0.05, 0.1) is 13.2 Å². The van der Waals surface area contributed by atoms with Crippen molar-refractivity contribution < 1.29 is 14.3 Å². The van der Waals surface area contributed by atoms with Crippen LogP contribution in [0.25, 0.3) is 0 Å². The van der Waals surface area contributed by atoms with Gasteiger partial charge >= 0.3 is 0 Å². The van der Waals surface area contributed by atoms with Crippen LogP contribution in [0.1, 0.15) is 24.2 Å². The number of nitrogens with one attached hydrogen (secondary N) is 1. The van der Waals surface area contributed by atoms with Gasteiger partial charge in [-0.2, -0.15) is 5.10 Å². The number of carbonyl (C=O) groups is 1. The molecule has 1 aromatic heterocycles. The maximum atomic E-state index is 12.6. The van der Waals surface area contributed by atoms with E-state index in [0.29, 0.717) is 48.4 Å². The summed E-state index contributed by atoms with van der Waals surface area (Å²) in [5.74, 6) is 1.62. The Kier molecular flexibility index (Phi) is 6.68. The molecule has 0 radical (unpaired) electrons. The first-order valence-electron chi connectivity index (χ1n) is 9.34. The molecule has 146 valence electrons. The van der Waals surface area contributed by atoms with E-state index < -0.39 is 0 Å². The van der Waals surface area contributed by atoms with Crippen LogP contribution in [0, 0.1) is 5.92 Å². The third kappa shape index (κ3) is 5.87. The van der Waals surface area contributed by atoms with E-state index in [2.05, 4.69) is 24.3 Å². The van der Waals surface area contributed by atoms with Gasteiger partial charge in [0.25, 0.3) is 5.91 Å². The maximum Gasteiger partial charge on any atom is 0.255 e. The number of benzene rings is 2. The lowest BCUT2D eigenvalue weighted by atomic mass is 10.2. The lowest BCUT2D eigenvalue weighted by Crippen LogP contribution is -2.13. The van der Waals surface area contributed by atoms with Gasteiger partial charge in [-0.25, -0.2) is 0 Å². The lowest BCUT2D eigenvalue weighted by Gasteiger charge is -2.11. The van der Waals surface area contributed by atoms with Crippen LogP contribution >= 0.6 is 0 Å². The van der Waals surface area contributed by atoms with Gasteiger partial charge in [-0.15, -0.1) is 0 Å². The molecule has 1 heterocycles. The summed E-state index contributed by atoms with van der Waals surface area (Å²) in [5, 5.41) is 7.04. The largest absolute Gasteiger partial charge is 0.493 e. The minimum absolute atomic E-state index is 0.191. The molecule has 0 aliphatic carbocycles. The molecule has 28 heavy (non-hydrogen) atoms. The standard InChI is InChI=1S/C22H25N3O3/c1-17(2)16-28-20-8-3-6-18(14-20)22(26)24-19-7-4-9-21(15-19)27-13-12-25-11-5-10-23-25/h3-11,14-15,17H,12-13,16H2,1-2H3,(H,24,26). The second-order valence-electron chi connectivity index (χ2n) is 6.83. The van der Waals surface area contributed by atoms with E-state index in [4.69, 9.17) is 9.47 Å². The minimum atomic E-state index is -0.191. The second-order valence-corrected chi connectivity index (χ2v) is 6.83. The van der Waals surface area contributed by atoms with Gasteiger partial charge < -0.3 is 14.8 Å². The van der Waals surface area contributed by atoms with Gasteiger partial charge in [0, 0.05) is 29.7 Å². The Bertz CT molecular complexity index is 892. The Morgan fingerprint density at radius 2 is 1.86 bits per heavy atom. The number of carbonyl (C=O) groups excluding carboxylic acids is 1. The fourth-order valence-corrected chi connectivity index (χ4v) is 2.55. The van der Waals surface area contributed by atoms with Crippen molar-refractivity contribution in [2.24, 2.45) is 5.92 Å². The predicted molar refractivity (Wildman–Crippen MR) is 109 cm³/mol. The summed E-state index contributed by atoms with van der Waals surface area (Å²) >= 11 is 0. The van der Waals surface area contributed by atoms with Crippen LogP contribution in [0.2, 0.25) is 0 Å². The van der Waals surface area contributed by atoms with E-state index in [-0.39, 0.29) is 5.91 Å². The molecule has 6 heteroatoms. The molecule has 0 atom stereocenters. The highest BCUT2D eigenvalue weighted by Gasteiger charge is 2.08. The Hall–Kier alpha value is -3.28. The number of nitrogens with zero attached hydrogens (tertiary/aromatic N) is 2. The van der Waals surface area contributed by atoms with Crippen molar-refractivity contribution >= 4 is 11.6 Å². The van der Waals surface area contributed by atoms with Crippen LogP contribution in [0.5, 0.6) is 11.5 Å². The molecule has 0 bridgehead atoms. The first kappa shape index (κ1) is 19.5.